The number of piperazine rings is 1. The Morgan fingerprint density at radius 1 is 0.829 bits per heavy atom. The van der Waals surface area contributed by atoms with Gasteiger partial charge in [0.05, 0.1) is 28.8 Å². The number of amides is 1. The zero-order valence-electron chi connectivity index (χ0n) is 22.8. The van der Waals surface area contributed by atoms with E-state index in [2.05, 4.69) is 29.2 Å². The lowest BCUT2D eigenvalue weighted by atomic mass is 9.96. The molecular weight excluding hydrogens is 558 g/mol. The molecule has 9 heteroatoms. The molecular formula is C32H32ClN3O4S. The average Bonchev–Trinajstić information content (AvgIpc) is 3.01. The fourth-order valence-corrected chi connectivity index (χ4v) is 6.86. The van der Waals surface area contributed by atoms with E-state index in [-0.39, 0.29) is 28.4 Å². The van der Waals surface area contributed by atoms with Crippen LogP contribution in [0.25, 0.3) is 0 Å². The Hall–Kier alpha value is -3.85. The van der Waals surface area contributed by atoms with Crippen molar-refractivity contribution in [1.29, 1.82) is 0 Å². The van der Waals surface area contributed by atoms with Gasteiger partial charge >= 0.3 is 0 Å². The molecule has 0 unspecified atom stereocenters. The Morgan fingerprint density at radius 2 is 1.37 bits per heavy atom. The summed E-state index contributed by atoms with van der Waals surface area (Å²) in [4.78, 5) is 17.8. The minimum atomic E-state index is -4.04. The summed E-state index contributed by atoms with van der Waals surface area (Å²) in [7, 11) is -2.56. The molecule has 0 bridgehead atoms. The highest BCUT2D eigenvalue weighted by atomic mass is 35.5. The van der Waals surface area contributed by atoms with E-state index in [0.717, 1.165) is 4.31 Å². The van der Waals surface area contributed by atoms with Crippen LogP contribution in [0.2, 0.25) is 5.02 Å². The number of carbonyl (C=O) groups is 1. The largest absolute Gasteiger partial charge is 0.495 e. The first-order valence-electron chi connectivity index (χ1n) is 13.4. The molecule has 212 valence electrons. The van der Waals surface area contributed by atoms with Crippen LogP contribution < -0.4 is 9.04 Å². The highest BCUT2D eigenvalue weighted by Crippen LogP contribution is 2.33. The molecule has 1 saturated heterocycles. The topological polar surface area (TPSA) is 70.2 Å². The number of rotatable bonds is 9. The minimum Gasteiger partial charge on any atom is -0.495 e. The van der Waals surface area contributed by atoms with Gasteiger partial charge in [0.1, 0.15) is 12.3 Å². The average molecular weight is 590 g/mol. The summed E-state index contributed by atoms with van der Waals surface area (Å²) in [6.07, 6.45) is 0. The number of carbonyl (C=O) groups excluding carboxylic acids is 1. The molecule has 0 saturated carbocycles. The number of methoxy groups -OCH3 is 1. The van der Waals surface area contributed by atoms with Crippen molar-refractivity contribution in [2.24, 2.45) is 0 Å². The molecule has 0 radical (unpaired) electrons. The fourth-order valence-electron chi connectivity index (χ4n) is 5.18. The lowest BCUT2D eigenvalue weighted by molar-refractivity contribution is -0.131. The molecule has 41 heavy (non-hydrogen) atoms. The number of hydrogen-bond acceptors (Lipinski definition) is 5. The van der Waals surface area contributed by atoms with E-state index in [1.165, 1.54) is 36.4 Å². The van der Waals surface area contributed by atoms with Crippen molar-refractivity contribution in [2.75, 3.05) is 44.1 Å². The molecule has 7 nitrogen and oxygen atoms in total. The minimum absolute atomic E-state index is 0.0612. The summed E-state index contributed by atoms with van der Waals surface area (Å²) in [5.41, 5.74) is 2.67. The molecule has 0 spiro atoms. The predicted molar refractivity (Wildman–Crippen MR) is 162 cm³/mol. The van der Waals surface area contributed by atoms with Gasteiger partial charge in [-0.25, -0.2) is 8.42 Å². The van der Waals surface area contributed by atoms with Crippen LogP contribution in [0.15, 0.2) is 114 Å². The van der Waals surface area contributed by atoms with Crippen molar-refractivity contribution in [2.45, 2.75) is 10.9 Å². The summed E-state index contributed by atoms with van der Waals surface area (Å²) in [6.45, 7) is 1.93. The van der Waals surface area contributed by atoms with E-state index < -0.39 is 10.0 Å². The first-order chi connectivity index (χ1) is 19.9. The maximum absolute atomic E-state index is 13.7. The van der Waals surface area contributed by atoms with E-state index in [1.54, 1.807) is 35.2 Å². The van der Waals surface area contributed by atoms with Gasteiger partial charge in [-0.2, -0.15) is 0 Å². The first kappa shape index (κ1) is 28.7. The Labute approximate surface area is 246 Å². The fraction of sp³-hybridized carbons (Fsp3) is 0.219. The van der Waals surface area contributed by atoms with E-state index in [9.17, 15) is 13.2 Å². The van der Waals surface area contributed by atoms with Gasteiger partial charge in [0.25, 0.3) is 10.0 Å². The van der Waals surface area contributed by atoms with Crippen molar-refractivity contribution >= 4 is 33.2 Å². The lowest BCUT2D eigenvalue weighted by Gasteiger charge is -2.40. The summed E-state index contributed by atoms with van der Waals surface area (Å²) < 4.78 is 33.9. The van der Waals surface area contributed by atoms with Crippen LogP contribution in [0.4, 0.5) is 5.69 Å². The van der Waals surface area contributed by atoms with Gasteiger partial charge in [-0.05, 0) is 41.5 Å². The standard InChI is InChI=1S/C32H32ClN3O4S/c1-40-30-18-17-27(23-29(30)33)36(41(38,39)28-15-9-4-10-16-28)24-31(37)34-19-21-35(22-20-34)32(25-11-5-2-6-12-25)26-13-7-3-8-14-26/h2-18,23,32H,19-22,24H2,1H3. The monoisotopic (exact) mass is 589 g/mol. The second-order valence-corrected chi connectivity index (χ2v) is 12.1. The summed E-state index contributed by atoms with van der Waals surface area (Å²) >= 11 is 6.35. The lowest BCUT2D eigenvalue weighted by Crippen LogP contribution is -2.52. The number of anilines is 1. The first-order valence-corrected chi connectivity index (χ1v) is 15.2. The van der Waals surface area contributed by atoms with Crippen molar-refractivity contribution in [3.8, 4) is 5.75 Å². The molecule has 1 heterocycles. The number of hydrogen-bond donors (Lipinski definition) is 0. The Morgan fingerprint density at radius 3 is 1.88 bits per heavy atom. The van der Waals surface area contributed by atoms with E-state index in [4.69, 9.17) is 16.3 Å². The number of halogens is 1. The summed E-state index contributed by atoms with van der Waals surface area (Å²) in [5.74, 6) is 0.147. The molecule has 4 aromatic rings. The third kappa shape index (κ3) is 6.40. The third-order valence-electron chi connectivity index (χ3n) is 7.30. The number of nitrogens with zero attached hydrogens (tertiary/aromatic N) is 3. The second-order valence-electron chi connectivity index (χ2n) is 9.78. The summed E-state index contributed by atoms with van der Waals surface area (Å²) in [5, 5.41) is 0.257. The molecule has 4 aromatic carbocycles. The Kier molecular flexibility index (Phi) is 8.93. The molecule has 1 fully saturated rings. The smallest absolute Gasteiger partial charge is 0.264 e. The van der Waals surface area contributed by atoms with Crippen LogP contribution in [-0.4, -0.2) is 64.0 Å². The van der Waals surface area contributed by atoms with Gasteiger partial charge in [-0.3, -0.25) is 14.0 Å². The van der Waals surface area contributed by atoms with Gasteiger partial charge in [-0.1, -0.05) is 90.5 Å². The Balaban J connectivity index is 1.36. The molecule has 1 aliphatic heterocycles. The van der Waals surface area contributed by atoms with Crippen LogP contribution in [0.3, 0.4) is 0 Å². The van der Waals surface area contributed by atoms with Crippen molar-refractivity contribution in [3.05, 3.63) is 125 Å². The predicted octanol–water partition coefficient (Wildman–Crippen LogP) is 5.48. The number of benzene rings is 4. The zero-order valence-corrected chi connectivity index (χ0v) is 24.3. The van der Waals surface area contributed by atoms with Gasteiger partial charge in [0.2, 0.25) is 5.91 Å². The zero-order chi connectivity index (χ0) is 28.8. The maximum Gasteiger partial charge on any atom is 0.264 e. The van der Waals surface area contributed by atoms with Crippen LogP contribution in [0, 0.1) is 0 Å². The van der Waals surface area contributed by atoms with Gasteiger partial charge in [-0.15, -0.1) is 0 Å². The second kappa shape index (κ2) is 12.8. The molecule has 0 aromatic heterocycles. The van der Waals surface area contributed by atoms with E-state index in [1.807, 2.05) is 36.4 Å². The van der Waals surface area contributed by atoms with Crippen molar-refractivity contribution < 1.29 is 17.9 Å². The van der Waals surface area contributed by atoms with Gasteiger partial charge < -0.3 is 9.64 Å². The van der Waals surface area contributed by atoms with Crippen LogP contribution >= 0.6 is 11.6 Å². The maximum atomic E-state index is 13.7. The van der Waals surface area contributed by atoms with Crippen LogP contribution in [-0.2, 0) is 14.8 Å². The molecule has 0 aliphatic carbocycles. The normalized spacial score (nSPS) is 14.2. The molecule has 0 N–H and O–H groups in total. The SMILES string of the molecule is COc1ccc(N(CC(=O)N2CCN(C(c3ccccc3)c3ccccc3)CC2)S(=O)(=O)c2ccccc2)cc1Cl. The molecule has 1 aliphatic rings. The molecule has 1 amide bonds. The highest BCUT2D eigenvalue weighted by Gasteiger charge is 2.32. The quantitative estimate of drug-likeness (QED) is 0.259. The third-order valence-corrected chi connectivity index (χ3v) is 9.38. The highest BCUT2D eigenvalue weighted by molar-refractivity contribution is 7.92. The van der Waals surface area contributed by atoms with Crippen molar-refractivity contribution in [1.82, 2.24) is 9.80 Å². The Bertz CT molecular complexity index is 1520. The van der Waals surface area contributed by atoms with Crippen molar-refractivity contribution in [3.63, 3.8) is 0 Å². The van der Waals surface area contributed by atoms with Crippen LogP contribution in [0.1, 0.15) is 17.2 Å². The van der Waals surface area contributed by atoms with Gasteiger partial charge in [0.15, 0.2) is 0 Å². The number of ether oxygens (including phenoxy) is 1. The van der Waals surface area contributed by atoms with E-state index in [0.29, 0.717) is 37.6 Å². The molecule has 5 rings (SSSR count). The van der Waals surface area contributed by atoms with Crippen LogP contribution in [0.5, 0.6) is 5.75 Å². The summed E-state index contributed by atoms with van der Waals surface area (Å²) in [6, 6.07) is 33.5. The number of sulfonamides is 1. The molecule has 0 atom stereocenters. The van der Waals surface area contributed by atoms with Gasteiger partial charge in [0, 0.05) is 26.2 Å². The van der Waals surface area contributed by atoms with E-state index >= 15 is 0 Å².